The summed E-state index contributed by atoms with van der Waals surface area (Å²) in [4.78, 5) is 11.2. The normalized spacial score (nSPS) is 14.1. The number of nitrogens with one attached hydrogen (secondary N) is 1. The number of hydrogen-bond donors (Lipinski definition) is 1. The minimum atomic E-state index is -0.224. The van der Waals surface area contributed by atoms with Gasteiger partial charge in [-0.05, 0) is 133 Å². The maximum Gasteiger partial charge on any atom is 0.124 e. The number of hydrogen-bond acceptors (Lipinski definition) is 3. The average molecular weight is 852 g/mol. The minimum absolute atomic E-state index is 0.108. The van der Waals surface area contributed by atoms with Gasteiger partial charge in [-0.2, -0.15) is 0 Å². The summed E-state index contributed by atoms with van der Waals surface area (Å²) in [5.74, 6) is 0. The molecule has 0 saturated heterocycles. The number of fused-ring (bicyclic) bond motifs is 10. The van der Waals surface area contributed by atoms with Crippen LogP contribution in [-0.4, -0.2) is 9.97 Å². The van der Waals surface area contributed by atoms with E-state index >= 15 is 0 Å². The molecule has 1 N–H and O–H groups in total. The number of nitrogens with zero attached hydrogens (tertiary/aromatic N) is 2. The SMILES string of the molecule is CC1(C)c2ccccc2-c2ccc(N(c3ccc(-c4ccccc4)cc3)c3ccc4c(c3)C(C)(C)c3cc(-c5ccc6[nH]c7cc8sc(-c9ccccc9)nc8cc7c6c5)ccc3-4)cc21. The Labute approximate surface area is 383 Å². The number of anilines is 3. The van der Waals surface area contributed by atoms with E-state index in [0.29, 0.717) is 0 Å². The van der Waals surface area contributed by atoms with Crippen molar-refractivity contribution in [1.82, 2.24) is 9.97 Å². The Bertz CT molecular complexity index is 3700. The summed E-state index contributed by atoms with van der Waals surface area (Å²) in [7, 11) is 0. The molecular formula is C61H45N3S. The van der Waals surface area contributed by atoms with E-state index in [4.69, 9.17) is 4.98 Å². The zero-order valence-electron chi connectivity index (χ0n) is 36.8. The van der Waals surface area contributed by atoms with Crippen LogP contribution < -0.4 is 4.90 Å². The van der Waals surface area contributed by atoms with E-state index in [0.717, 1.165) is 44.2 Å². The predicted octanol–water partition coefficient (Wildman–Crippen LogP) is 17.0. The number of aromatic amines is 1. The van der Waals surface area contributed by atoms with Gasteiger partial charge in [-0.1, -0.05) is 155 Å². The van der Waals surface area contributed by atoms with Crippen molar-refractivity contribution in [3.8, 4) is 55.1 Å². The van der Waals surface area contributed by atoms with Crippen molar-refractivity contribution in [1.29, 1.82) is 0 Å². The van der Waals surface area contributed by atoms with Crippen molar-refractivity contribution in [3.05, 3.63) is 216 Å². The summed E-state index contributed by atoms with van der Waals surface area (Å²) in [5.41, 5.74) is 23.2. The quantitative estimate of drug-likeness (QED) is 0.181. The largest absolute Gasteiger partial charge is 0.354 e. The number of rotatable bonds is 6. The topological polar surface area (TPSA) is 31.9 Å². The molecule has 2 aromatic heterocycles. The van der Waals surface area contributed by atoms with Gasteiger partial charge in [0.05, 0.1) is 10.2 Å². The first-order valence-corrected chi connectivity index (χ1v) is 23.4. The molecule has 0 bridgehead atoms. The average Bonchev–Trinajstić information content (AvgIpc) is 4.05. The van der Waals surface area contributed by atoms with Crippen LogP contribution in [0.4, 0.5) is 17.1 Å². The molecule has 65 heavy (non-hydrogen) atoms. The molecule has 0 fully saturated rings. The molecule has 0 spiro atoms. The van der Waals surface area contributed by atoms with Crippen molar-refractivity contribution in [2.45, 2.75) is 38.5 Å². The van der Waals surface area contributed by atoms with Crippen LogP contribution in [0.2, 0.25) is 0 Å². The molecule has 0 radical (unpaired) electrons. The molecular weight excluding hydrogens is 807 g/mol. The molecule has 2 aliphatic carbocycles. The van der Waals surface area contributed by atoms with Crippen molar-refractivity contribution >= 4 is 60.4 Å². The minimum Gasteiger partial charge on any atom is -0.354 e. The molecule has 0 unspecified atom stereocenters. The Balaban J connectivity index is 0.886. The maximum absolute atomic E-state index is 5.07. The van der Waals surface area contributed by atoms with Crippen LogP contribution in [0.15, 0.2) is 194 Å². The molecule has 0 atom stereocenters. The van der Waals surface area contributed by atoms with E-state index in [-0.39, 0.29) is 10.8 Å². The number of H-pyrrole nitrogens is 1. The third-order valence-corrected chi connectivity index (χ3v) is 15.5. The third-order valence-electron chi connectivity index (χ3n) is 14.4. The summed E-state index contributed by atoms with van der Waals surface area (Å²) in [6, 6.07) is 71.8. The van der Waals surface area contributed by atoms with Crippen molar-refractivity contribution < 1.29 is 0 Å². The van der Waals surface area contributed by atoms with Crippen molar-refractivity contribution in [2.75, 3.05) is 4.90 Å². The lowest BCUT2D eigenvalue weighted by Gasteiger charge is -2.30. The van der Waals surface area contributed by atoms with Gasteiger partial charge in [0, 0.05) is 55.3 Å². The molecule has 310 valence electrons. The first-order chi connectivity index (χ1) is 31.7. The van der Waals surface area contributed by atoms with Crippen LogP contribution in [0.5, 0.6) is 0 Å². The van der Waals surface area contributed by atoms with Gasteiger partial charge in [-0.3, -0.25) is 0 Å². The highest BCUT2D eigenvalue weighted by Crippen LogP contribution is 2.54. The van der Waals surface area contributed by atoms with Crippen LogP contribution in [0.3, 0.4) is 0 Å². The second kappa shape index (κ2) is 14.0. The fraction of sp³-hybridized carbons (Fsp3) is 0.0984. The van der Waals surface area contributed by atoms with Crippen LogP contribution in [0.1, 0.15) is 49.9 Å². The van der Waals surface area contributed by atoms with E-state index in [1.165, 1.54) is 82.2 Å². The molecule has 0 saturated carbocycles. The third kappa shape index (κ3) is 5.83. The Morgan fingerprint density at radius 2 is 0.908 bits per heavy atom. The second-order valence-corrected chi connectivity index (χ2v) is 19.9. The molecule has 4 heteroatoms. The van der Waals surface area contributed by atoms with Crippen molar-refractivity contribution in [2.24, 2.45) is 0 Å². The first-order valence-electron chi connectivity index (χ1n) is 22.6. The van der Waals surface area contributed by atoms with E-state index in [1.54, 1.807) is 11.3 Å². The highest BCUT2D eigenvalue weighted by atomic mass is 32.1. The monoisotopic (exact) mass is 851 g/mol. The lowest BCUT2D eigenvalue weighted by atomic mass is 9.81. The second-order valence-electron chi connectivity index (χ2n) is 18.9. The zero-order chi connectivity index (χ0) is 43.6. The van der Waals surface area contributed by atoms with Crippen LogP contribution in [-0.2, 0) is 10.8 Å². The van der Waals surface area contributed by atoms with Gasteiger partial charge in [0.15, 0.2) is 0 Å². The Kier molecular flexibility index (Phi) is 8.17. The highest BCUT2D eigenvalue weighted by molar-refractivity contribution is 7.21. The van der Waals surface area contributed by atoms with Crippen LogP contribution in [0, 0.1) is 0 Å². The van der Waals surface area contributed by atoms with E-state index in [1.807, 2.05) is 0 Å². The highest BCUT2D eigenvalue weighted by Gasteiger charge is 2.38. The summed E-state index contributed by atoms with van der Waals surface area (Å²) < 4.78 is 1.19. The predicted molar refractivity (Wildman–Crippen MR) is 275 cm³/mol. The van der Waals surface area contributed by atoms with Crippen molar-refractivity contribution in [3.63, 3.8) is 0 Å². The fourth-order valence-corrected chi connectivity index (χ4v) is 12.0. The molecule has 9 aromatic carbocycles. The molecule has 13 rings (SSSR count). The standard InChI is InChI=1S/C61H45N3S/c1-60(2)51-18-12-11-17-45(51)47-28-25-43(33-53(47)60)64(42-23-19-38(20-24-42)37-13-7-5-8-14-37)44-26-29-48-46-27-21-41(32-52(46)61(3,4)54(48)34-44)40-22-30-55-49(31-40)50-35-57-58(36-56(50)62-55)65-59(63-57)39-15-9-6-10-16-39/h5-36,62H,1-4H3. The number of aromatic nitrogens is 2. The van der Waals surface area contributed by atoms with Gasteiger partial charge in [0.25, 0.3) is 0 Å². The van der Waals surface area contributed by atoms with Gasteiger partial charge in [0.2, 0.25) is 0 Å². The summed E-state index contributed by atoms with van der Waals surface area (Å²) in [6.07, 6.45) is 0. The summed E-state index contributed by atoms with van der Waals surface area (Å²) >= 11 is 1.75. The Morgan fingerprint density at radius 3 is 1.62 bits per heavy atom. The Morgan fingerprint density at radius 1 is 0.400 bits per heavy atom. The smallest absolute Gasteiger partial charge is 0.124 e. The molecule has 3 nitrogen and oxygen atoms in total. The van der Waals surface area contributed by atoms with E-state index in [9.17, 15) is 0 Å². The lowest BCUT2D eigenvalue weighted by Crippen LogP contribution is -2.18. The summed E-state index contributed by atoms with van der Waals surface area (Å²) in [6.45, 7) is 9.52. The molecule has 11 aromatic rings. The zero-order valence-corrected chi connectivity index (χ0v) is 37.6. The number of thiazole rings is 1. The maximum atomic E-state index is 5.07. The lowest BCUT2D eigenvalue weighted by molar-refractivity contribution is 0.660. The molecule has 2 aliphatic rings. The van der Waals surface area contributed by atoms with Gasteiger partial charge in [0.1, 0.15) is 5.01 Å². The first kappa shape index (κ1) is 38.0. The number of benzene rings is 9. The molecule has 0 aliphatic heterocycles. The molecule has 0 amide bonds. The fourth-order valence-electron chi connectivity index (χ4n) is 11.0. The van der Waals surface area contributed by atoms with Gasteiger partial charge in [-0.15, -0.1) is 11.3 Å². The van der Waals surface area contributed by atoms with Gasteiger partial charge in [-0.25, -0.2) is 4.98 Å². The van der Waals surface area contributed by atoms with Crippen LogP contribution >= 0.6 is 11.3 Å². The molecule has 2 heterocycles. The Hall–Kier alpha value is -7.53. The summed E-state index contributed by atoms with van der Waals surface area (Å²) in [5, 5.41) is 3.48. The van der Waals surface area contributed by atoms with E-state index < -0.39 is 0 Å². The van der Waals surface area contributed by atoms with Crippen LogP contribution in [0.25, 0.3) is 87.1 Å². The van der Waals surface area contributed by atoms with E-state index in [2.05, 4.69) is 232 Å². The van der Waals surface area contributed by atoms with Gasteiger partial charge >= 0.3 is 0 Å². The van der Waals surface area contributed by atoms with Gasteiger partial charge < -0.3 is 9.88 Å².